The Bertz CT molecular complexity index is 298. The van der Waals surface area contributed by atoms with E-state index >= 15 is 0 Å². The fraction of sp³-hybridized carbons (Fsp3) is 0.833. The van der Waals surface area contributed by atoms with Gasteiger partial charge < -0.3 is 5.32 Å². The van der Waals surface area contributed by atoms with Crippen LogP contribution in [0.3, 0.4) is 0 Å². The Labute approximate surface area is 98.5 Å². The molecule has 1 aromatic rings. The molecule has 0 fully saturated rings. The van der Waals surface area contributed by atoms with Crippen molar-refractivity contribution in [1.82, 2.24) is 20.1 Å². The van der Waals surface area contributed by atoms with Crippen molar-refractivity contribution in [2.75, 3.05) is 6.54 Å². The van der Waals surface area contributed by atoms with Crippen LogP contribution in [0.2, 0.25) is 0 Å². The number of aryl methyl sites for hydroxylation is 1. The van der Waals surface area contributed by atoms with Crippen molar-refractivity contribution in [3.8, 4) is 0 Å². The van der Waals surface area contributed by atoms with Gasteiger partial charge >= 0.3 is 0 Å². The predicted octanol–water partition coefficient (Wildman–Crippen LogP) is 2.21. The molecule has 0 aromatic carbocycles. The van der Waals surface area contributed by atoms with E-state index in [1.807, 2.05) is 4.68 Å². The Kier molecular flexibility index (Phi) is 4.93. The van der Waals surface area contributed by atoms with Crippen LogP contribution in [0, 0.1) is 5.41 Å². The quantitative estimate of drug-likeness (QED) is 0.753. The number of hydrogen-bond donors (Lipinski definition) is 1. The second-order valence-corrected chi connectivity index (χ2v) is 5.39. The molecule has 0 aliphatic carbocycles. The normalized spacial score (nSPS) is 12.0. The minimum absolute atomic E-state index is 0.393. The molecule has 0 saturated carbocycles. The van der Waals surface area contributed by atoms with Gasteiger partial charge in [-0.1, -0.05) is 27.7 Å². The van der Waals surface area contributed by atoms with Gasteiger partial charge in [0.2, 0.25) is 0 Å². The lowest BCUT2D eigenvalue weighted by Gasteiger charge is -2.17. The van der Waals surface area contributed by atoms with E-state index in [1.54, 1.807) is 6.33 Å². The van der Waals surface area contributed by atoms with Gasteiger partial charge in [0.15, 0.2) is 0 Å². The van der Waals surface area contributed by atoms with E-state index in [0.29, 0.717) is 5.41 Å². The van der Waals surface area contributed by atoms with Gasteiger partial charge in [0.1, 0.15) is 12.2 Å². The van der Waals surface area contributed by atoms with E-state index in [1.165, 1.54) is 6.42 Å². The molecule has 1 N–H and O–H groups in total. The molecular formula is C12H24N4. The van der Waals surface area contributed by atoms with Gasteiger partial charge in [0, 0.05) is 6.54 Å². The molecule has 0 unspecified atom stereocenters. The van der Waals surface area contributed by atoms with Crippen molar-refractivity contribution >= 4 is 0 Å². The van der Waals surface area contributed by atoms with Gasteiger partial charge in [-0.15, -0.1) is 0 Å². The first-order valence-electron chi connectivity index (χ1n) is 6.10. The summed E-state index contributed by atoms with van der Waals surface area (Å²) < 4.78 is 1.98. The van der Waals surface area contributed by atoms with E-state index < -0.39 is 0 Å². The molecule has 4 heteroatoms. The monoisotopic (exact) mass is 224 g/mol. The standard InChI is InChI=1S/C12H24N4/c1-5-8-16-11(14-10-15-16)9-13-7-6-12(2,3)4/h10,13H,5-9H2,1-4H3. The summed E-state index contributed by atoms with van der Waals surface area (Å²) in [6.45, 7) is 11.7. The Morgan fingerprint density at radius 3 is 2.75 bits per heavy atom. The predicted molar refractivity (Wildman–Crippen MR) is 66.1 cm³/mol. The fourth-order valence-electron chi connectivity index (χ4n) is 1.49. The lowest BCUT2D eigenvalue weighted by molar-refractivity contribution is 0.364. The van der Waals surface area contributed by atoms with Crippen molar-refractivity contribution < 1.29 is 0 Å². The third-order valence-corrected chi connectivity index (χ3v) is 2.47. The summed E-state index contributed by atoms with van der Waals surface area (Å²) in [4.78, 5) is 4.26. The zero-order valence-corrected chi connectivity index (χ0v) is 11.0. The molecule has 16 heavy (non-hydrogen) atoms. The van der Waals surface area contributed by atoms with Crippen LogP contribution in [0.15, 0.2) is 6.33 Å². The Balaban J connectivity index is 2.29. The van der Waals surface area contributed by atoms with Crippen LogP contribution in [0.1, 0.15) is 46.4 Å². The summed E-state index contributed by atoms with van der Waals surface area (Å²) in [6.07, 6.45) is 3.91. The molecule has 4 nitrogen and oxygen atoms in total. The summed E-state index contributed by atoms with van der Waals surface area (Å²) >= 11 is 0. The average molecular weight is 224 g/mol. The SMILES string of the molecule is CCCn1ncnc1CNCCC(C)(C)C. The van der Waals surface area contributed by atoms with Gasteiger partial charge in [0.25, 0.3) is 0 Å². The van der Waals surface area contributed by atoms with E-state index in [0.717, 1.165) is 31.9 Å². The van der Waals surface area contributed by atoms with Gasteiger partial charge in [-0.3, -0.25) is 0 Å². The summed E-state index contributed by atoms with van der Waals surface area (Å²) in [5.41, 5.74) is 0.393. The van der Waals surface area contributed by atoms with Crippen molar-refractivity contribution in [3.63, 3.8) is 0 Å². The maximum atomic E-state index is 4.26. The van der Waals surface area contributed by atoms with E-state index in [4.69, 9.17) is 0 Å². The van der Waals surface area contributed by atoms with Crippen molar-refractivity contribution in [2.45, 2.75) is 53.6 Å². The van der Waals surface area contributed by atoms with Gasteiger partial charge in [-0.25, -0.2) is 9.67 Å². The van der Waals surface area contributed by atoms with Gasteiger partial charge in [-0.2, -0.15) is 5.10 Å². The minimum atomic E-state index is 0.393. The Hall–Kier alpha value is -0.900. The smallest absolute Gasteiger partial charge is 0.140 e. The molecule has 0 radical (unpaired) electrons. The number of aromatic nitrogens is 3. The third-order valence-electron chi connectivity index (χ3n) is 2.47. The molecule has 0 aliphatic rings. The lowest BCUT2D eigenvalue weighted by atomic mass is 9.92. The highest BCUT2D eigenvalue weighted by atomic mass is 15.3. The summed E-state index contributed by atoms with van der Waals surface area (Å²) in [7, 11) is 0. The largest absolute Gasteiger partial charge is 0.310 e. The van der Waals surface area contributed by atoms with Crippen LogP contribution >= 0.6 is 0 Å². The van der Waals surface area contributed by atoms with Gasteiger partial charge in [0.05, 0.1) is 6.54 Å². The van der Waals surface area contributed by atoms with Crippen molar-refractivity contribution in [1.29, 1.82) is 0 Å². The highest BCUT2D eigenvalue weighted by molar-refractivity contribution is 4.83. The lowest BCUT2D eigenvalue weighted by Crippen LogP contribution is -2.22. The zero-order valence-electron chi connectivity index (χ0n) is 11.0. The van der Waals surface area contributed by atoms with E-state index in [2.05, 4.69) is 43.1 Å². The topological polar surface area (TPSA) is 42.7 Å². The van der Waals surface area contributed by atoms with E-state index in [-0.39, 0.29) is 0 Å². The second kappa shape index (κ2) is 5.99. The molecule has 0 bridgehead atoms. The summed E-state index contributed by atoms with van der Waals surface area (Å²) in [5.74, 6) is 1.04. The van der Waals surface area contributed by atoms with E-state index in [9.17, 15) is 0 Å². The maximum absolute atomic E-state index is 4.26. The Morgan fingerprint density at radius 2 is 2.12 bits per heavy atom. The van der Waals surface area contributed by atoms with Crippen LogP contribution in [0.5, 0.6) is 0 Å². The number of rotatable bonds is 6. The maximum Gasteiger partial charge on any atom is 0.140 e. The molecule has 0 atom stereocenters. The number of nitrogens with zero attached hydrogens (tertiary/aromatic N) is 3. The first kappa shape index (κ1) is 13.2. The molecule has 1 rings (SSSR count). The molecule has 0 saturated heterocycles. The molecule has 92 valence electrons. The molecule has 1 aromatic heterocycles. The van der Waals surface area contributed by atoms with Crippen molar-refractivity contribution in [3.05, 3.63) is 12.2 Å². The molecule has 0 amide bonds. The molecular weight excluding hydrogens is 200 g/mol. The highest BCUT2D eigenvalue weighted by Gasteiger charge is 2.09. The third kappa shape index (κ3) is 4.75. The van der Waals surface area contributed by atoms with Crippen LogP contribution < -0.4 is 5.32 Å². The average Bonchev–Trinajstić information content (AvgIpc) is 2.60. The second-order valence-electron chi connectivity index (χ2n) is 5.39. The van der Waals surface area contributed by atoms with Crippen molar-refractivity contribution in [2.24, 2.45) is 5.41 Å². The first-order chi connectivity index (χ1) is 7.53. The first-order valence-corrected chi connectivity index (χ1v) is 6.10. The molecule has 0 spiro atoms. The zero-order chi connectivity index (χ0) is 12.0. The minimum Gasteiger partial charge on any atom is -0.310 e. The molecule has 1 heterocycles. The summed E-state index contributed by atoms with van der Waals surface area (Å²) in [5, 5.41) is 7.62. The summed E-state index contributed by atoms with van der Waals surface area (Å²) in [6, 6.07) is 0. The highest BCUT2D eigenvalue weighted by Crippen LogP contribution is 2.16. The van der Waals surface area contributed by atoms with Crippen LogP contribution in [-0.2, 0) is 13.1 Å². The van der Waals surface area contributed by atoms with Gasteiger partial charge in [-0.05, 0) is 24.8 Å². The van der Waals surface area contributed by atoms with Crippen LogP contribution in [0.4, 0.5) is 0 Å². The number of nitrogens with one attached hydrogen (secondary N) is 1. The molecule has 0 aliphatic heterocycles. The number of hydrogen-bond acceptors (Lipinski definition) is 3. The van der Waals surface area contributed by atoms with Crippen LogP contribution in [-0.4, -0.2) is 21.3 Å². The fourth-order valence-corrected chi connectivity index (χ4v) is 1.49. The van der Waals surface area contributed by atoms with Crippen LogP contribution in [0.25, 0.3) is 0 Å². The Morgan fingerprint density at radius 1 is 1.38 bits per heavy atom.